The molecule has 1 aromatic heterocycles. The highest BCUT2D eigenvalue weighted by Gasteiger charge is 2.33. The zero-order valence-electron chi connectivity index (χ0n) is 15.9. The van der Waals surface area contributed by atoms with Crippen molar-refractivity contribution in [1.29, 1.82) is 0 Å². The third-order valence-electron chi connectivity index (χ3n) is 4.85. The topological polar surface area (TPSA) is 65.7 Å². The van der Waals surface area contributed by atoms with Crippen LogP contribution in [0.3, 0.4) is 0 Å². The van der Waals surface area contributed by atoms with Crippen LogP contribution in [0.5, 0.6) is 0 Å². The summed E-state index contributed by atoms with van der Waals surface area (Å²) in [4.78, 5) is 7.30. The second-order valence-electron chi connectivity index (χ2n) is 7.66. The van der Waals surface area contributed by atoms with Crippen LogP contribution in [-0.2, 0) is 6.54 Å². The first-order chi connectivity index (χ1) is 12.2. The zero-order chi connectivity index (χ0) is 17.6. The second-order valence-corrected chi connectivity index (χ2v) is 7.66. The molecule has 2 N–H and O–H groups in total. The van der Waals surface area contributed by atoms with Crippen LogP contribution in [0.2, 0.25) is 0 Å². The lowest BCUT2D eigenvalue weighted by atomic mass is 10.1. The Kier molecular flexibility index (Phi) is 6.34. The molecule has 0 amide bonds. The van der Waals surface area contributed by atoms with E-state index in [0.717, 1.165) is 49.0 Å². The number of hydrogen-bond acceptors (Lipinski definition) is 4. The molecule has 2 aliphatic carbocycles. The summed E-state index contributed by atoms with van der Waals surface area (Å²) in [5.74, 6) is 3.01. The van der Waals surface area contributed by atoms with Gasteiger partial charge in [-0.2, -0.15) is 0 Å². The summed E-state index contributed by atoms with van der Waals surface area (Å²) in [6.07, 6.45) is 5.61. The molecule has 0 saturated heterocycles. The van der Waals surface area contributed by atoms with Gasteiger partial charge in [0.15, 0.2) is 11.7 Å². The first kappa shape index (κ1) is 18.2. The van der Waals surface area contributed by atoms with E-state index in [1.54, 1.807) is 0 Å². The van der Waals surface area contributed by atoms with Gasteiger partial charge in [0.25, 0.3) is 0 Å². The molecule has 25 heavy (non-hydrogen) atoms. The largest absolute Gasteiger partial charge is 0.359 e. The molecule has 0 radical (unpaired) electrons. The Hall–Kier alpha value is -1.56. The van der Waals surface area contributed by atoms with Crippen LogP contribution in [0, 0.1) is 5.92 Å². The molecule has 1 aromatic rings. The molecule has 0 aliphatic heterocycles. The molecule has 2 fully saturated rings. The molecule has 0 bridgehead atoms. The third kappa shape index (κ3) is 6.03. The minimum Gasteiger partial charge on any atom is -0.359 e. The maximum atomic E-state index is 5.37. The smallest absolute Gasteiger partial charge is 0.191 e. The van der Waals surface area contributed by atoms with Crippen LogP contribution in [0.1, 0.15) is 63.8 Å². The predicted octanol–water partition coefficient (Wildman–Crippen LogP) is 2.73. The van der Waals surface area contributed by atoms with Crippen molar-refractivity contribution in [2.24, 2.45) is 10.9 Å². The summed E-state index contributed by atoms with van der Waals surface area (Å²) in [6, 6.07) is 2.84. The number of rotatable bonds is 10. The van der Waals surface area contributed by atoms with E-state index in [9.17, 15) is 0 Å². The lowest BCUT2D eigenvalue weighted by molar-refractivity contribution is 0.256. The Morgan fingerprint density at radius 3 is 2.72 bits per heavy atom. The van der Waals surface area contributed by atoms with Crippen molar-refractivity contribution >= 4 is 5.96 Å². The molecular formula is C19H33N5O. The number of guanidine groups is 1. The average molecular weight is 348 g/mol. The lowest BCUT2D eigenvalue weighted by Gasteiger charge is -2.22. The molecule has 6 nitrogen and oxygen atoms in total. The van der Waals surface area contributed by atoms with E-state index in [1.807, 2.05) is 6.07 Å². The minimum absolute atomic E-state index is 0.382. The summed E-state index contributed by atoms with van der Waals surface area (Å²) in [5.41, 5.74) is 0.989. The first-order valence-electron chi connectivity index (χ1n) is 9.87. The number of hydrogen-bond donors (Lipinski definition) is 2. The molecule has 2 saturated carbocycles. The van der Waals surface area contributed by atoms with Gasteiger partial charge < -0.3 is 15.2 Å². The van der Waals surface area contributed by atoms with Crippen LogP contribution in [0.15, 0.2) is 15.6 Å². The van der Waals surface area contributed by atoms with Gasteiger partial charge in [-0.25, -0.2) is 4.99 Å². The highest BCUT2D eigenvalue weighted by Crippen LogP contribution is 2.34. The molecule has 0 unspecified atom stereocenters. The van der Waals surface area contributed by atoms with Crippen LogP contribution in [0.25, 0.3) is 0 Å². The fraction of sp³-hybridized carbons (Fsp3) is 0.789. The zero-order valence-corrected chi connectivity index (χ0v) is 15.9. The highest BCUT2D eigenvalue weighted by atomic mass is 16.5. The monoisotopic (exact) mass is 347 g/mol. The standard InChI is InChI=1S/C19H33N5O/c1-4-20-19(22-12-17-11-18(14(2)3)23-25-17)21-9-10-24(16-7-8-16)13-15-5-6-15/h11,14-16H,4-10,12-13H2,1-3H3,(H2,20,21,22). The summed E-state index contributed by atoms with van der Waals surface area (Å²) >= 11 is 0. The molecule has 0 spiro atoms. The number of nitrogens with one attached hydrogen (secondary N) is 2. The average Bonchev–Trinajstić information content (AvgIpc) is 3.50. The van der Waals surface area contributed by atoms with Crippen molar-refractivity contribution in [1.82, 2.24) is 20.7 Å². The second kappa shape index (κ2) is 8.70. The van der Waals surface area contributed by atoms with E-state index in [0.29, 0.717) is 12.5 Å². The molecule has 140 valence electrons. The van der Waals surface area contributed by atoms with Gasteiger partial charge in [0.05, 0.1) is 5.69 Å². The molecule has 6 heteroatoms. The molecule has 1 heterocycles. The van der Waals surface area contributed by atoms with Gasteiger partial charge in [-0.3, -0.25) is 4.90 Å². The van der Waals surface area contributed by atoms with Gasteiger partial charge >= 0.3 is 0 Å². The Morgan fingerprint density at radius 1 is 1.32 bits per heavy atom. The molecule has 3 rings (SSSR count). The maximum Gasteiger partial charge on any atom is 0.191 e. The van der Waals surface area contributed by atoms with E-state index in [-0.39, 0.29) is 0 Å². The summed E-state index contributed by atoms with van der Waals surface area (Å²) in [7, 11) is 0. The first-order valence-corrected chi connectivity index (χ1v) is 9.87. The third-order valence-corrected chi connectivity index (χ3v) is 4.85. The number of aliphatic imine (C=N–C) groups is 1. The van der Waals surface area contributed by atoms with Crippen molar-refractivity contribution < 1.29 is 4.52 Å². The van der Waals surface area contributed by atoms with E-state index >= 15 is 0 Å². The number of nitrogens with zero attached hydrogens (tertiary/aromatic N) is 3. The Bertz CT molecular complexity index is 560. The van der Waals surface area contributed by atoms with Crippen LogP contribution in [-0.4, -0.2) is 48.2 Å². The van der Waals surface area contributed by atoms with Gasteiger partial charge in [0, 0.05) is 38.3 Å². The quantitative estimate of drug-likeness (QED) is 0.503. The van der Waals surface area contributed by atoms with E-state index in [2.05, 4.69) is 46.5 Å². The van der Waals surface area contributed by atoms with Crippen LogP contribution in [0.4, 0.5) is 0 Å². The fourth-order valence-electron chi connectivity index (χ4n) is 2.99. The van der Waals surface area contributed by atoms with Crippen molar-refractivity contribution in [3.8, 4) is 0 Å². The van der Waals surface area contributed by atoms with Crippen LogP contribution >= 0.6 is 0 Å². The summed E-state index contributed by atoms with van der Waals surface area (Å²) in [5, 5.41) is 10.9. The normalized spacial score (nSPS) is 18.2. The Morgan fingerprint density at radius 2 is 2.12 bits per heavy atom. The molecule has 0 atom stereocenters. The van der Waals surface area contributed by atoms with Gasteiger partial charge in [0.2, 0.25) is 0 Å². The predicted molar refractivity (Wildman–Crippen MR) is 101 cm³/mol. The van der Waals surface area contributed by atoms with Gasteiger partial charge in [-0.1, -0.05) is 19.0 Å². The Balaban J connectivity index is 1.45. The van der Waals surface area contributed by atoms with E-state index in [4.69, 9.17) is 4.52 Å². The highest BCUT2D eigenvalue weighted by molar-refractivity contribution is 5.79. The van der Waals surface area contributed by atoms with Gasteiger partial charge in [-0.05, 0) is 44.4 Å². The molecule has 0 aromatic carbocycles. The van der Waals surface area contributed by atoms with E-state index in [1.165, 1.54) is 32.2 Å². The van der Waals surface area contributed by atoms with Gasteiger partial charge in [-0.15, -0.1) is 0 Å². The SMILES string of the molecule is CCNC(=NCc1cc(C(C)C)no1)NCCN(CC1CC1)C1CC1. The van der Waals surface area contributed by atoms with Crippen molar-refractivity contribution in [2.75, 3.05) is 26.2 Å². The summed E-state index contributed by atoms with van der Waals surface area (Å²) < 4.78 is 5.37. The minimum atomic E-state index is 0.382. The van der Waals surface area contributed by atoms with Crippen molar-refractivity contribution in [3.63, 3.8) is 0 Å². The summed E-state index contributed by atoms with van der Waals surface area (Å²) in [6.45, 7) is 11.0. The van der Waals surface area contributed by atoms with E-state index < -0.39 is 0 Å². The fourth-order valence-corrected chi connectivity index (χ4v) is 2.99. The molecular weight excluding hydrogens is 314 g/mol. The van der Waals surface area contributed by atoms with Crippen molar-refractivity contribution in [2.45, 2.75) is 65.0 Å². The van der Waals surface area contributed by atoms with Crippen LogP contribution < -0.4 is 10.6 Å². The van der Waals surface area contributed by atoms with Crippen molar-refractivity contribution in [3.05, 3.63) is 17.5 Å². The maximum absolute atomic E-state index is 5.37. The molecule has 2 aliphatic rings. The number of aromatic nitrogens is 1. The van der Waals surface area contributed by atoms with Gasteiger partial charge in [0.1, 0.15) is 6.54 Å². The lowest BCUT2D eigenvalue weighted by Crippen LogP contribution is -2.42. The Labute approximate surface area is 151 Å².